The van der Waals surface area contributed by atoms with Crippen LogP contribution in [0.2, 0.25) is 0 Å². The van der Waals surface area contributed by atoms with Crippen LogP contribution in [0.3, 0.4) is 0 Å². The van der Waals surface area contributed by atoms with Crippen molar-refractivity contribution in [2.45, 2.75) is 17.4 Å². The first-order valence-corrected chi connectivity index (χ1v) is 9.18. The van der Waals surface area contributed by atoms with Crippen molar-refractivity contribution in [3.63, 3.8) is 0 Å². The van der Waals surface area contributed by atoms with Crippen LogP contribution in [0, 0.1) is 5.82 Å². The summed E-state index contributed by atoms with van der Waals surface area (Å²) in [7, 11) is 0. The molecule has 3 nitrogen and oxygen atoms in total. The van der Waals surface area contributed by atoms with Crippen LogP contribution in [0.5, 0.6) is 0 Å². The number of ether oxygens (including phenoxy) is 1. The molecule has 3 rings (SSSR count). The van der Waals surface area contributed by atoms with E-state index in [-0.39, 0.29) is 17.8 Å². The zero-order valence-electron chi connectivity index (χ0n) is 13.6. The van der Waals surface area contributed by atoms with Gasteiger partial charge in [-0.2, -0.15) is 0 Å². The Labute approximate surface area is 145 Å². The maximum atomic E-state index is 13.3. The van der Waals surface area contributed by atoms with Gasteiger partial charge in [-0.1, -0.05) is 24.3 Å². The Morgan fingerprint density at radius 2 is 2.12 bits per heavy atom. The van der Waals surface area contributed by atoms with Crippen LogP contribution in [0.1, 0.15) is 15.9 Å². The fraction of sp³-hybridized carbons (Fsp3) is 0.316. The number of carbonyl (C=O) groups is 1. The molecule has 0 aromatic heterocycles. The molecule has 1 saturated heterocycles. The van der Waals surface area contributed by atoms with E-state index in [0.29, 0.717) is 26.1 Å². The summed E-state index contributed by atoms with van der Waals surface area (Å²) in [6, 6.07) is 14.2. The summed E-state index contributed by atoms with van der Waals surface area (Å²) < 4.78 is 19.1. The number of amides is 1. The summed E-state index contributed by atoms with van der Waals surface area (Å²) in [6.45, 7) is 1.62. The number of nitrogens with zero attached hydrogens (tertiary/aromatic N) is 1. The van der Waals surface area contributed by atoms with Crippen molar-refractivity contribution in [2.75, 3.05) is 26.0 Å². The maximum absolute atomic E-state index is 13.3. The summed E-state index contributed by atoms with van der Waals surface area (Å²) in [5.41, 5.74) is 1.62. The average molecular weight is 345 g/mol. The minimum atomic E-state index is -0.245. The van der Waals surface area contributed by atoms with Gasteiger partial charge in [-0.25, -0.2) is 4.39 Å². The maximum Gasteiger partial charge on any atom is 0.255 e. The van der Waals surface area contributed by atoms with E-state index in [1.165, 1.54) is 12.1 Å². The number of halogens is 1. The van der Waals surface area contributed by atoms with Crippen LogP contribution in [-0.2, 0) is 11.2 Å². The van der Waals surface area contributed by atoms with E-state index in [9.17, 15) is 9.18 Å². The molecule has 0 bridgehead atoms. The lowest BCUT2D eigenvalue weighted by Crippen LogP contribution is -2.46. The molecule has 0 aliphatic carbocycles. The Balaban J connectivity index is 1.70. The molecule has 5 heteroatoms. The minimum absolute atomic E-state index is 0.0347. The molecule has 1 atom stereocenters. The van der Waals surface area contributed by atoms with Crippen LogP contribution >= 0.6 is 11.8 Å². The molecule has 1 amide bonds. The van der Waals surface area contributed by atoms with Gasteiger partial charge in [0.2, 0.25) is 0 Å². The van der Waals surface area contributed by atoms with Gasteiger partial charge in [-0.15, -0.1) is 11.8 Å². The lowest BCUT2D eigenvalue weighted by atomic mass is 10.1. The number of hydrogen-bond acceptors (Lipinski definition) is 3. The molecule has 2 aromatic carbocycles. The van der Waals surface area contributed by atoms with Gasteiger partial charge in [-0.05, 0) is 36.1 Å². The van der Waals surface area contributed by atoms with Gasteiger partial charge in [0.15, 0.2) is 0 Å². The zero-order chi connectivity index (χ0) is 16.9. The first-order valence-electron chi connectivity index (χ1n) is 7.95. The third kappa shape index (κ3) is 3.97. The van der Waals surface area contributed by atoms with E-state index < -0.39 is 0 Å². The quantitative estimate of drug-likeness (QED) is 0.793. The molecule has 2 aromatic rings. The molecule has 0 spiro atoms. The van der Waals surface area contributed by atoms with Crippen LogP contribution in [0.4, 0.5) is 4.39 Å². The summed E-state index contributed by atoms with van der Waals surface area (Å²) >= 11 is 1.57. The van der Waals surface area contributed by atoms with E-state index in [4.69, 9.17) is 4.74 Å². The Kier molecular flexibility index (Phi) is 5.53. The Hall–Kier alpha value is -1.85. The predicted molar refractivity (Wildman–Crippen MR) is 94.0 cm³/mol. The van der Waals surface area contributed by atoms with Crippen molar-refractivity contribution in [3.8, 4) is 0 Å². The van der Waals surface area contributed by atoms with Gasteiger partial charge < -0.3 is 9.64 Å². The molecule has 1 aliphatic heterocycles. The summed E-state index contributed by atoms with van der Waals surface area (Å²) in [6.07, 6.45) is 2.47. The van der Waals surface area contributed by atoms with Crippen molar-refractivity contribution in [2.24, 2.45) is 0 Å². The molecule has 0 saturated carbocycles. The van der Waals surface area contributed by atoms with Crippen molar-refractivity contribution < 1.29 is 13.9 Å². The number of thioether (sulfide) groups is 1. The average Bonchev–Trinajstić information content (AvgIpc) is 2.61. The minimum Gasteiger partial charge on any atom is -0.374 e. The van der Waals surface area contributed by atoms with Crippen LogP contribution < -0.4 is 0 Å². The number of benzene rings is 2. The highest BCUT2D eigenvalue weighted by Gasteiger charge is 2.26. The second-order valence-electron chi connectivity index (χ2n) is 5.78. The Morgan fingerprint density at radius 1 is 1.29 bits per heavy atom. The van der Waals surface area contributed by atoms with Crippen molar-refractivity contribution in [1.82, 2.24) is 4.90 Å². The lowest BCUT2D eigenvalue weighted by molar-refractivity contribution is -0.0209. The highest BCUT2D eigenvalue weighted by atomic mass is 32.2. The van der Waals surface area contributed by atoms with Gasteiger partial charge in [0.1, 0.15) is 5.82 Å². The highest BCUT2D eigenvalue weighted by molar-refractivity contribution is 7.98. The lowest BCUT2D eigenvalue weighted by Gasteiger charge is -2.33. The van der Waals surface area contributed by atoms with Gasteiger partial charge >= 0.3 is 0 Å². The molecule has 126 valence electrons. The molecule has 24 heavy (non-hydrogen) atoms. The topological polar surface area (TPSA) is 29.5 Å². The Morgan fingerprint density at radius 3 is 2.92 bits per heavy atom. The number of morpholine rings is 1. The summed E-state index contributed by atoms with van der Waals surface area (Å²) in [5.74, 6) is -0.211. The first-order chi connectivity index (χ1) is 11.7. The van der Waals surface area contributed by atoms with E-state index in [1.54, 1.807) is 17.8 Å². The molecule has 1 fully saturated rings. The molecular formula is C19H20FNO2S. The molecule has 1 aliphatic rings. The van der Waals surface area contributed by atoms with Crippen molar-refractivity contribution in [3.05, 3.63) is 65.5 Å². The fourth-order valence-electron chi connectivity index (χ4n) is 2.95. The normalized spacial score (nSPS) is 17.8. The molecule has 0 radical (unpaired) electrons. The van der Waals surface area contributed by atoms with Gasteiger partial charge in [0, 0.05) is 24.4 Å². The molecule has 0 N–H and O–H groups in total. The van der Waals surface area contributed by atoms with E-state index in [2.05, 4.69) is 0 Å². The molecule has 0 unspecified atom stereocenters. The van der Waals surface area contributed by atoms with Crippen molar-refractivity contribution in [1.29, 1.82) is 0 Å². The monoisotopic (exact) mass is 345 g/mol. The van der Waals surface area contributed by atoms with Crippen LogP contribution in [-0.4, -0.2) is 42.9 Å². The van der Waals surface area contributed by atoms with Crippen LogP contribution in [0.15, 0.2) is 53.4 Å². The smallest absolute Gasteiger partial charge is 0.255 e. The number of carbonyl (C=O) groups excluding carboxylic acids is 1. The van der Waals surface area contributed by atoms with E-state index >= 15 is 0 Å². The number of rotatable bonds is 4. The fourth-order valence-corrected chi connectivity index (χ4v) is 3.54. The van der Waals surface area contributed by atoms with Gasteiger partial charge in [0.05, 0.1) is 18.3 Å². The van der Waals surface area contributed by atoms with Gasteiger partial charge in [0.25, 0.3) is 5.91 Å². The largest absolute Gasteiger partial charge is 0.374 e. The second kappa shape index (κ2) is 7.81. The number of hydrogen-bond donors (Lipinski definition) is 0. The van der Waals surface area contributed by atoms with Crippen LogP contribution in [0.25, 0.3) is 0 Å². The summed E-state index contributed by atoms with van der Waals surface area (Å²) in [5, 5.41) is 0. The van der Waals surface area contributed by atoms with E-state index in [1.807, 2.05) is 41.5 Å². The zero-order valence-corrected chi connectivity index (χ0v) is 14.4. The van der Waals surface area contributed by atoms with E-state index in [0.717, 1.165) is 16.0 Å². The SMILES string of the molecule is CSc1ccccc1C(=O)N1CCO[C@H](Cc2cccc(F)c2)C1. The molecule has 1 heterocycles. The third-order valence-electron chi connectivity index (χ3n) is 4.12. The third-order valence-corrected chi connectivity index (χ3v) is 4.91. The van der Waals surface area contributed by atoms with Gasteiger partial charge in [-0.3, -0.25) is 4.79 Å². The second-order valence-corrected chi connectivity index (χ2v) is 6.63. The standard InChI is InChI=1S/C19H20FNO2S/c1-24-18-8-3-2-7-17(18)19(22)21-9-10-23-16(13-21)12-14-5-4-6-15(20)11-14/h2-8,11,16H,9-10,12-13H2,1H3/t16-/m1/s1. The van der Waals surface area contributed by atoms with Crippen molar-refractivity contribution >= 4 is 17.7 Å². The first kappa shape index (κ1) is 17.0. The predicted octanol–water partition coefficient (Wildman–Crippen LogP) is 3.63. The Bertz CT molecular complexity index is 722. The highest BCUT2D eigenvalue weighted by Crippen LogP contribution is 2.23. The summed E-state index contributed by atoms with van der Waals surface area (Å²) in [4.78, 5) is 15.6. The molecular weight excluding hydrogens is 325 g/mol.